The number of thiophene rings is 1. The Labute approximate surface area is 109 Å². The molecular formula is C13H13NO3S. The van der Waals surface area contributed by atoms with E-state index in [0.717, 1.165) is 17.0 Å². The molecule has 0 aliphatic rings. The average molecular weight is 263 g/mol. The van der Waals surface area contributed by atoms with Crippen molar-refractivity contribution in [3.05, 3.63) is 46.2 Å². The zero-order valence-electron chi connectivity index (χ0n) is 9.84. The quantitative estimate of drug-likeness (QED) is 0.870. The van der Waals surface area contributed by atoms with Gasteiger partial charge < -0.3 is 15.2 Å². The highest BCUT2D eigenvalue weighted by molar-refractivity contribution is 7.12. The first kappa shape index (κ1) is 12.4. The Morgan fingerprint density at radius 3 is 3.00 bits per heavy atom. The van der Waals surface area contributed by atoms with Gasteiger partial charge in [0.2, 0.25) is 0 Å². The van der Waals surface area contributed by atoms with Gasteiger partial charge in [-0.3, -0.25) is 0 Å². The van der Waals surface area contributed by atoms with Gasteiger partial charge in [0.25, 0.3) is 0 Å². The highest BCUT2D eigenvalue weighted by Crippen LogP contribution is 2.20. The number of hydrogen-bond acceptors (Lipinski definition) is 4. The van der Waals surface area contributed by atoms with Crippen LogP contribution in [-0.4, -0.2) is 18.2 Å². The molecule has 0 amide bonds. The number of benzene rings is 1. The monoisotopic (exact) mass is 263 g/mol. The van der Waals surface area contributed by atoms with Gasteiger partial charge in [0.1, 0.15) is 10.6 Å². The van der Waals surface area contributed by atoms with Crippen molar-refractivity contribution < 1.29 is 14.6 Å². The lowest BCUT2D eigenvalue weighted by Gasteiger charge is -2.07. The molecule has 0 radical (unpaired) electrons. The van der Waals surface area contributed by atoms with Crippen molar-refractivity contribution in [1.82, 2.24) is 0 Å². The molecule has 1 aromatic heterocycles. The molecule has 5 heteroatoms. The molecule has 0 fully saturated rings. The van der Waals surface area contributed by atoms with Crippen molar-refractivity contribution in [2.75, 3.05) is 12.4 Å². The number of ether oxygens (including phenoxy) is 1. The van der Waals surface area contributed by atoms with Gasteiger partial charge >= 0.3 is 5.97 Å². The van der Waals surface area contributed by atoms with Crippen molar-refractivity contribution >= 4 is 23.0 Å². The van der Waals surface area contributed by atoms with Crippen LogP contribution in [0.25, 0.3) is 0 Å². The first-order valence-corrected chi connectivity index (χ1v) is 6.26. The third-order valence-corrected chi connectivity index (χ3v) is 3.44. The summed E-state index contributed by atoms with van der Waals surface area (Å²) in [5.41, 5.74) is 1.69. The van der Waals surface area contributed by atoms with Crippen LogP contribution in [0.5, 0.6) is 5.75 Å². The summed E-state index contributed by atoms with van der Waals surface area (Å²) in [5.74, 6) is -0.115. The Morgan fingerprint density at radius 2 is 2.28 bits per heavy atom. The summed E-state index contributed by atoms with van der Waals surface area (Å²) in [5, 5.41) is 14.0. The van der Waals surface area contributed by atoms with Crippen LogP contribution >= 0.6 is 11.3 Å². The number of hydrogen-bond donors (Lipinski definition) is 2. The SMILES string of the molecule is COc1cccc(NCc2ccsc2C(=O)O)c1. The number of aromatic carboxylic acids is 1. The van der Waals surface area contributed by atoms with E-state index < -0.39 is 5.97 Å². The second-order valence-electron chi connectivity index (χ2n) is 3.67. The molecule has 1 aromatic carbocycles. The Hall–Kier alpha value is -2.01. The highest BCUT2D eigenvalue weighted by atomic mass is 32.1. The van der Waals surface area contributed by atoms with Crippen molar-refractivity contribution in [3.63, 3.8) is 0 Å². The van der Waals surface area contributed by atoms with Crippen molar-refractivity contribution in [1.29, 1.82) is 0 Å². The maximum atomic E-state index is 11.0. The van der Waals surface area contributed by atoms with Crippen molar-refractivity contribution in [3.8, 4) is 5.75 Å². The molecule has 94 valence electrons. The van der Waals surface area contributed by atoms with E-state index in [4.69, 9.17) is 9.84 Å². The van der Waals surface area contributed by atoms with E-state index in [2.05, 4.69) is 5.32 Å². The van der Waals surface area contributed by atoms with E-state index in [1.54, 1.807) is 12.5 Å². The number of rotatable bonds is 5. The van der Waals surface area contributed by atoms with Gasteiger partial charge in [-0.1, -0.05) is 6.07 Å². The second kappa shape index (κ2) is 5.55. The Kier molecular flexibility index (Phi) is 3.84. The molecule has 0 atom stereocenters. The zero-order valence-corrected chi connectivity index (χ0v) is 10.7. The fourth-order valence-corrected chi connectivity index (χ4v) is 2.35. The predicted molar refractivity (Wildman–Crippen MR) is 71.6 cm³/mol. The van der Waals surface area contributed by atoms with Crippen LogP contribution in [0.3, 0.4) is 0 Å². The molecule has 2 aromatic rings. The number of methoxy groups -OCH3 is 1. The Balaban J connectivity index is 2.06. The van der Waals surface area contributed by atoms with Gasteiger partial charge in [0.05, 0.1) is 7.11 Å². The summed E-state index contributed by atoms with van der Waals surface area (Å²) in [6.45, 7) is 0.484. The fourth-order valence-electron chi connectivity index (χ4n) is 1.59. The third kappa shape index (κ3) is 2.81. The molecular weight excluding hydrogens is 250 g/mol. The topological polar surface area (TPSA) is 58.6 Å². The van der Waals surface area contributed by atoms with E-state index in [1.165, 1.54) is 11.3 Å². The number of anilines is 1. The standard InChI is InChI=1S/C13H13NO3S/c1-17-11-4-2-3-10(7-11)14-8-9-5-6-18-12(9)13(15)16/h2-7,14H,8H2,1H3,(H,15,16). The number of carboxylic acid groups (broad SMARTS) is 1. The molecule has 0 bridgehead atoms. The van der Waals surface area contributed by atoms with Crippen molar-refractivity contribution in [2.24, 2.45) is 0 Å². The van der Waals surface area contributed by atoms with Crippen LogP contribution < -0.4 is 10.1 Å². The van der Waals surface area contributed by atoms with Gasteiger partial charge in [0.15, 0.2) is 0 Å². The summed E-state index contributed by atoms with van der Waals surface area (Å²) in [7, 11) is 1.61. The molecule has 18 heavy (non-hydrogen) atoms. The van der Waals surface area contributed by atoms with Crippen LogP contribution in [0.1, 0.15) is 15.2 Å². The minimum absolute atomic E-state index is 0.380. The summed E-state index contributed by atoms with van der Waals surface area (Å²) in [4.78, 5) is 11.3. The van der Waals surface area contributed by atoms with E-state index in [1.807, 2.05) is 30.3 Å². The Morgan fingerprint density at radius 1 is 1.44 bits per heavy atom. The van der Waals surface area contributed by atoms with E-state index in [0.29, 0.717) is 11.4 Å². The van der Waals surface area contributed by atoms with Crippen LogP contribution in [-0.2, 0) is 6.54 Å². The Bertz CT molecular complexity index is 551. The molecule has 0 aliphatic heterocycles. The van der Waals surface area contributed by atoms with E-state index in [-0.39, 0.29) is 0 Å². The number of nitrogens with one attached hydrogen (secondary N) is 1. The molecule has 0 spiro atoms. The van der Waals surface area contributed by atoms with Gasteiger partial charge in [0, 0.05) is 18.3 Å². The molecule has 0 aliphatic carbocycles. The molecule has 4 nitrogen and oxygen atoms in total. The van der Waals surface area contributed by atoms with Gasteiger partial charge in [-0.15, -0.1) is 11.3 Å². The van der Waals surface area contributed by atoms with Gasteiger partial charge in [-0.25, -0.2) is 4.79 Å². The molecule has 2 N–H and O–H groups in total. The summed E-state index contributed by atoms with van der Waals surface area (Å²) < 4.78 is 5.12. The molecule has 0 saturated heterocycles. The smallest absolute Gasteiger partial charge is 0.346 e. The van der Waals surface area contributed by atoms with Crippen molar-refractivity contribution in [2.45, 2.75) is 6.54 Å². The largest absolute Gasteiger partial charge is 0.497 e. The normalized spacial score (nSPS) is 10.1. The van der Waals surface area contributed by atoms with Crippen LogP contribution in [0.4, 0.5) is 5.69 Å². The minimum atomic E-state index is -0.882. The number of carbonyl (C=O) groups is 1. The summed E-state index contributed by atoms with van der Waals surface area (Å²) in [6.07, 6.45) is 0. The highest BCUT2D eigenvalue weighted by Gasteiger charge is 2.10. The fraction of sp³-hybridized carbons (Fsp3) is 0.154. The van der Waals surface area contributed by atoms with Gasteiger partial charge in [-0.05, 0) is 29.1 Å². The molecule has 0 unspecified atom stereocenters. The lowest BCUT2D eigenvalue weighted by molar-refractivity contribution is 0.0701. The summed E-state index contributed by atoms with van der Waals surface area (Å²) >= 11 is 1.24. The maximum absolute atomic E-state index is 11.0. The second-order valence-corrected chi connectivity index (χ2v) is 4.58. The zero-order chi connectivity index (χ0) is 13.0. The summed E-state index contributed by atoms with van der Waals surface area (Å²) in [6, 6.07) is 9.34. The first-order chi connectivity index (χ1) is 8.70. The molecule has 0 saturated carbocycles. The van der Waals surface area contributed by atoms with Crippen LogP contribution in [0.15, 0.2) is 35.7 Å². The average Bonchev–Trinajstić information content (AvgIpc) is 2.85. The number of carboxylic acids is 1. The van der Waals surface area contributed by atoms with Gasteiger partial charge in [-0.2, -0.15) is 0 Å². The minimum Gasteiger partial charge on any atom is -0.497 e. The lowest BCUT2D eigenvalue weighted by Crippen LogP contribution is -2.04. The maximum Gasteiger partial charge on any atom is 0.346 e. The first-order valence-electron chi connectivity index (χ1n) is 5.38. The lowest BCUT2D eigenvalue weighted by atomic mass is 10.2. The predicted octanol–water partition coefficient (Wildman–Crippen LogP) is 3.07. The third-order valence-electron chi connectivity index (χ3n) is 2.49. The van der Waals surface area contributed by atoms with E-state index >= 15 is 0 Å². The molecule has 2 rings (SSSR count). The van der Waals surface area contributed by atoms with E-state index in [9.17, 15) is 4.79 Å². The van der Waals surface area contributed by atoms with Crippen LogP contribution in [0.2, 0.25) is 0 Å². The molecule has 1 heterocycles. The van der Waals surface area contributed by atoms with Crippen LogP contribution in [0, 0.1) is 0 Å².